The molecule has 0 aliphatic carbocycles. The van der Waals surface area contributed by atoms with Gasteiger partial charge in [-0.25, -0.2) is 13.4 Å². The van der Waals surface area contributed by atoms with Crippen LogP contribution in [0.25, 0.3) is 0 Å². The minimum atomic E-state index is -3.63. The quantitative estimate of drug-likeness (QED) is 0.593. The Morgan fingerprint density at radius 2 is 1.75 bits per heavy atom. The van der Waals surface area contributed by atoms with Crippen LogP contribution >= 0.6 is 11.6 Å². The summed E-state index contributed by atoms with van der Waals surface area (Å²) in [6, 6.07) is 16.5. The molecule has 1 fully saturated rings. The highest BCUT2D eigenvalue weighted by Gasteiger charge is 2.35. The van der Waals surface area contributed by atoms with Crippen molar-refractivity contribution in [2.75, 3.05) is 13.1 Å². The van der Waals surface area contributed by atoms with Crippen molar-refractivity contribution in [3.63, 3.8) is 0 Å². The van der Waals surface area contributed by atoms with Crippen molar-refractivity contribution in [3.05, 3.63) is 83.3 Å². The Bertz CT molecular complexity index is 1190. The lowest BCUT2D eigenvalue weighted by atomic mass is 9.85. The molecule has 4 rings (SSSR count). The van der Waals surface area contributed by atoms with E-state index < -0.39 is 10.0 Å². The van der Waals surface area contributed by atoms with E-state index in [1.54, 1.807) is 35.9 Å². The third kappa shape index (κ3) is 4.72. The molecule has 0 radical (unpaired) electrons. The molecular formula is C23H25ClN4O3S. The highest BCUT2D eigenvalue weighted by molar-refractivity contribution is 7.89. The summed E-state index contributed by atoms with van der Waals surface area (Å²) in [6.45, 7) is 0.740. The summed E-state index contributed by atoms with van der Waals surface area (Å²) >= 11 is 6.22. The maximum Gasteiger partial charge on any atom is 0.262 e. The van der Waals surface area contributed by atoms with Gasteiger partial charge in [-0.1, -0.05) is 54.1 Å². The number of amides is 1. The average Bonchev–Trinajstić information content (AvgIpc) is 3.25. The predicted molar refractivity (Wildman–Crippen MR) is 123 cm³/mol. The Morgan fingerprint density at radius 1 is 1.09 bits per heavy atom. The molecule has 1 N–H and O–H groups in total. The second kappa shape index (κ2) is 9.44. The van der Waals surface area contributed by atoms with Crippen molar-refractivity contribution < 1.29 is 13.2 Å². The molecule has 1 unspecified atom stereocenters. The highest BCUT2D eigenvalue weighted by Crippen LogP contribution is 2.33. The van der Waals surface area contributed by atoms with Gasteiger partial charge in [0.05, 0.1) is 23.0 Å². The van der Waals surface area contributed by atoms with Crippen molar-refractivity contribution in [1.29, 1.82) is 0 Å². The summed E-state index contributed by atoms with van der Waals surface area (Å²) in [5.74, 6) is -0.160. The molecule has 2 heterocycles. The van der Waals surface area contributed by atoms with Gasteiger partial charge >= 0.3 is 0 Å². The first-order valence-electron chi connectivity index (χ1n) is 10.4. The van der Waals surface area contributed by atoms with E-state index in [4.69, 9.17) is 11.6 Å². The van der Waals surface area contributed by atoms with Gasteiger partial charge in [-0.05, 0) is 36.5 Å². The number of aryl methyl sites for hydroxylation is 1. The molecule has 3 aromatic rings. The van der Waals surface area contributed by atoms with Crippen LogP contribution in [0.1, 0.15) is 34.8 Å². The number of piperidine rings is 1. The number of rotatable bonds is 6. The van der Waals surface area contributed by atoms with E-state index in [0.29, 0.717) is 36.5 Å². The fourth-order valence-corrected chi connectivity index (χ4v) is 5.76. The van der Waals surface area contributed by atoms with Gasteiger partial charge in [0, 0.05) is 26.3 Å². The zero-order valence-corrected chi connectivity index (χ0v) is 19.3. The summed E-state index contributed by atoms with van der Waals surface area (Å²) in [5, 5.41) is 3.60. The van der Waals surface area contributed by atoms with Gasteiger partial charge < -0.3 is 9.88 Å². The van der Waals surface area contributed by atoms with Gasteiger partial charge in [-0.2, -0.15) is 4.31 Å². The Morgan fingerprint density at radius 3 is 2.38 bits per heavy atom. The normalized spacial score (nSPS) is 16.6. The third-order valence-electron chi connectivity index (χ3n) is 5.82. The lowest BCUT2D eigenvalue weighted by Gasteiger charge is -2.35. The predicted octanol–water partition coefficient (Wildman–Crippen LogP) is 3.65. The van der Waals surface area contributed by atoms with Crippen LogP contribution in [-0.4, -0.2) is 41.3 Å². The molecule has 0 spiro atoms. The first-order chi connectivity index (χ1) is 15.4. The van der Waals surface area contributed by atoms with Crippen LogP contribution in [0.4, 0.5) is 0 Å². The zero-order chi connectivity index (χ0) is 22.7. The van der Waals surface area contributed by atoms with E-state index in [9.17, 15) is 13.2 Å². The number of carbonyl (C=O) groups excluding carboxylic acids is 1. The van der Waals surface area contributed by atoms with Crippen molar-refractivity contribution in [3.8, 4) is 0 Å². The molecular weight excluding hydrogens is 448 g/mol. The smallest absolute Gasteiger partial charge is 0.262 e. The number of aromatic nitrogens is 2. The minimum absolute atomic E-state index is 0.0603. The monoisotopic (exact) mass is 472 g/mol. The number of benzene rings is 2. The fraction of sp³-hybridized carbons (Fsp3) is 0.304. The van der Waals surface area contributed by atoms with Gasteiger partial charge in [0.2, 0.25) is 0 Å². The van der Waals surface area contributed by atoms with Crippen LogP contribution in [-0.2, 0) is 17.1 Å². The summed E-state index contributed by atoms with van der Waals surface area (Å²) in [6.07, 6.45) is 4.23. The molecule has 1 saturated heterocycles. The standard InChI is InChI=1S/C23H25ClN4O3S/c1-27-15-21(25-16-27)32(30,31)28-13-11-18(12-14-28)22(17-7-3-2-4-8-17)26-23(29)19-9-5-6-10-20(19)24/h2-10,15-16,18,22H,11-14H2,1H3,(H,26,29). The number of nitrogens with zero attached hydrogens (tertiary/aromatic N) is 3. The van der Waals surface area contributed by atoms with Crippen LogP contribution in [0.2, 0.25) is 5.02 Å². The van der Waals surface area contributed by atoms with Gasteiger partial charge in [0.15, 0.2) is 5.03 Å². The average molecular weight is 473 g/mol. The Labute approximate surface area is 193 Å². The topological polar surface area (TPSA) is 84.3 Å². The number of hydrogen-bond donors (Lipinski definition) is 1. The first-order valence-corrected chi connectivity index (χ1v) is 12.3. The lowest BCUT2D eigenvalue weighted by Crippen LogP contribution is -2.43. The Balaban J connectivity index is 1.52. The number of hydrogen-bond acceptors (Lipinski definition) is 4. The molecule has 168 valence electrons. The van der Waals surface area contributed by atoms with Crippen molar-refractivity contribution >= 4 is 27.5 Å². The van der Waals surface area contributed by atoms with E-state index in [1.165, 1.54) is 16.8 Å². The van der Waals surface area contributed by atoms with Crippen molar-refractivity contribution in [1.82, 2.24) is 19.2 Å². The lowest BCUT2D eigenvalue weighted by molar-refractivity contribution is 0.0907. The maximum absolute atomic E-state index is 13.0. The summed E-state index contributed by atoms with van der Waals surface area (Å²) in [4.78, 5) is 17.0. The van der Waals surface area contributed by atoms with Crippen LogP contribution < -0.4 is 5.32 Å². The second-order valence-electron chi connectivity index (χ2n) is 7.96. The van der Waals surface area contributed by atoms with Gasteiger partial charge in [0.25, 0.3) is 15.9 Å². The summed E-state index contributed by atoms with van der Waals surface area (Å²) < 4.78 is 28.9. The van der Waals surface area contributed by atoms with Crippen LogP contribution in [0.15, 0.2) is 72.1 Å². The van der Waals surface area contributed by atoms with Gasteiger partial charge in [-0.3, -0.25) is 4.79 Å². The summed E-state index contributed by atoms with van der Waals surface area (Å²) in [7, 11) is -1.89. The minimum Gasteiger partial charge on any atom is -0.345 e. The number of halogens is 1. The molecule has 1 aromatic heterocycles. The fourth-order valence-electron chi connectivity index (χ4n) is 4.10. The molecule has 1 aliphatic heterocycles. The van der Waals surface area contributed by atoms with E-state index in [2.05, 4.69) is 10.3 Å². The molecule has 1 amide bonds. The van der Waals surface area contributed by atoms with Gasteiger partial charge in [-0.15, -0.1) is 0 Å². The molecule has 0 bridgehead atoms. The Kier molecular flexibility index (Phi) is 6.64. The molecule has 1 atom stereocenters. The Hall–Kier alpha value is -2.68. The van der Waals surface area contributed by atoms with E-state index in [1.807, 2.05) is 30.3 Å². The SMILES string of the molecule is Cn1cnc(S(=O)(=O)N2CCC(C(NC(=O)c3ccccc3Cl)c3ccccc3)CC2)c1. The van der Waals surface area contributed by atoms with E-state index in [0.717, 1.165) is 5.56 Å². The number of nitrogens with one attached hydrogen (secondary N) is 1. The number of sulfonamides is 1. The molecule has 9 heteroatoms. The molecule has 1 aliphatic rings. The molecule has 7 nitrogen and oxygen atoms in total. The number of imidazole rings is 1. The third-order valence-corrected chi connectivity index (χ3v) is 7.93. The van der Waals surface area contributed by atoms with Gasteiger partial charge in [0.1, 0.15) is 0 Å². The molecule has 2 aromatic carbocycles. The number of carbonyl (C=O) groups is 1. The second-order valence-corrected chi connectivity index (χ2v) is 10.3. The highest BCUT2D eigenvalue weighted by atomic mass is 35.5. The van der Waals surface area contributed by atoms with E-state index in [-0.39, 0.29) is 22.9 Å². The molecule has 32 heavy (non-hydrogen) atoms. The van der Waals surface area contributed by atoms with E-state index >= 15 is 0 Å². The van der Waals surface area contributed by atoms with Crippen molar-refractivity contribution in [2.24, 2.45) is 13.0 Å². The zero-order valence-electron chi connectivity index (χ0n) is 17.7. The largest absolute Gasteiger partial charge is 0.345 e. The summed E-state index contributed by atoms with van der Waals surface area (Å²) in [5.41, 5.74) is 1.41. The first kappa shape index (κ1) is 22.5. The molecule has 0 saturated carbocycles. The maximum atomic E-state index is 13.0. The van der Waals surface area contributed by atoms with Crippen molar-refractivity contribution in [2.45, 2.75) is 23.9 Å². The van der Waals surface area contributed by atoms with Crippen LogP contribution in [0.3, 0.4) is 0 Å². The van der Waals surface area contributed by atoms with Crippen LogP contribution in [0.5, 0.6) is 0 Å². The van der Waals surface area contributed by atoms with Crippen LogP contribution in [0, 0.1) is 5.92 Å².